The minimum Gasteiger partial charge on any atom is -0.497 e. The van der Waals surface area contributed by atoms with Crippen molar-refractivity contribution >= 4 is 28.9 Å². The first-order valence-electron chi connectivity index (χ1n) is 7.32. The topological polar surface area (TPSA) is 68.8 Å². The standard InChI is InChI=1S/C17H16N2O4S/c1-21-13-4-2-3-11(9-13)16(20)19-17(24)18-12-5-6-14-15(10-12)23-8-7-22-14/h2-6,9-10H,7-8H2,1H3,(H2,18,19,20,24). The highest BCUT2D eigenvalue weighted by molar-refractivity contribution is 7.80. The zero-order valence-corrected chi connectivity index (χ0v) is 13.8. The van der Waals surface area contributed by atoms with E-state index in [1.165, 1.54) is 0 Å². The van der Waals surface area contributed by atoms with E-state index in [1.54, 1.807) is 49.6 Å². The third kappa shape index (κ3) is 3.75. The van der Waals surface area contributed by atoms with Crippen molar-refractivity contribution in [2.45, 2.75) is 0 Å². The Morgan fingerprint density at radius 2 is 1.92 bits per heavy atom. The summed E-state index contributed by atoms with van der Waals surface area (Å²) in [6.07, 6.45) is 0. The summed E-state index contributed by atoms with van der Waals surface area (Å²) in [6, 6.07) is 12.2. The lowest BCUT2D eigenvalue weighted by molar-refractivity contribution is 0.0977. The summed E-state index contributed by atoms with van der Waals surface area (Å²) >= 11 is 5.18. The highest BCUT2D eigenvalue weighted by Gasteiger charge is 2.13. The van der Waals surface area contributed by atoms with Gasteiger partial charge < -0.3 is 19.5 Å². The number of ether oxygens (including phenoxy) is 3. The molecule has 0 radical (unpaired) electrons. The summed E-state index contributed by atoms with van der Waals surface area (Å²) in [6.45, 7) is 1.04. The second-order valence-electron chi connectivity index (χ2n) is 5.00. The van der Waals surface area contributed by atoms with Gasteiger partial charge in [0.15, 0.2) is 16.6 Å². The summed E-state index contributed by atoms with van der Waals surface area (Å²) < 4.78 is 16.1. The van der Waals surface area contributed by atoms with Crippen LogP contribution < -0.4 is 24.8 Å². The molecule has 1 amide bonds. The van der Waals surface area contributed by atoms with E-state index < -0.39 is 0 Å². The Morgan fingerprint density at radius 3 is 2.71 bits per heavy atom. The van der Waals surface area contributed by atoms with Gasteiger partial charge in [0.1, 0.15) is 19.0 Å². The van der Waals surface area contributed by atoms with Crippen LogP contribution in [-0.2, 0) is 0 Å². The first kappa shape index (κ1) is 16.1. The molecule has 1 heterocycles. The Kier molecular flexibility index (Phi) is 4.81. The number of rotatable bonds is 3. The monoisotopic (exact) mass is 344 g/mol. The molecule has 1 aliphatic rings. The van der Waals surface area contributed by atoms with E-state index in [9.17, 15) is 4.79 Å². The lowest BCUT2D eigenvalue weighted by Gasteiger charge is -2.19. The van der Waals surface area contributed by atoms with Crippen LogP contribution in [0, 0.1) is 0 Å². The van der Waals surface area contributed by atoms with Crippen LogP contribution in [0.4, 0.5) is 5.69 Å². The van der Waals surface area contributed by atoms with Crippen LogP contribution in [0.25, 0.3) is 0 Å². The van der Waals surface area contributed by atoms with E-state index in [2.05, 4.69) is 10.6 Å². The van der Waals surface area contributed by atoms with Gasteiger partial charge in [0.2, 0.25) is 0 Å². The number of nitrogens with one attached hydrogen (secondary N) is 2. The molecule has 24 heavy (non-hydrogen) atoms. The van der Waals surface area contributed by atoms with Gasteiger partial charge >= 0.3 is 0 Å². The molecule has 1 aliphatic heterocycles. The molecular formula is C17H16N2O4S. The van der Waals surface area contributed by atoms with Gasteiger partial charge in [-0.1, -0.05) is 6.07 Å². The number of carbonyl (C=O) groups is 1. The van der Waals surface area contributed by atoms with Crippen LogP contribution in [-0.4, -0.2) is 31.3 Å². The average molecular weight is 344 g/mol. The van der Waals surface area contributed by atoms with E-state index in [4.69, 9.17) is 26.4 Å². The Hall–Kier alpha value is -2.80. The van der Waals surface area contributed by atoms with Crippen LogP contribution in [0.1, 0.15) is 10.4 Å². The zero-order chi connectivity index (χ0) is 16.9. The van der Waals surface area contributed by atoms with Crippen molar-refractivity contribution in [3.05, 3.63) is 48.0 Å². The summed E-state index contributed by atoms with van der Waals surface area (Å²) in [7, 11) is 1.55. The van der Waals surface area contributed by atoms with Crippen molar-refractivity contribution in [2.24, 2.45) is 0 Å². The van der Waals surface area contributed by atoms with Crippen molar-refractivity contribution in [2.75, 3.05) is 25.6 Å². The highest BCUT2D eigenvalue weighted by atomic mass is 32.1. The summed E-state index contributed by atoms with van der Waals surface area (Å²) in [5.41, 5.74) is 1.16. The third-order valence-corrected chi connectivity index (χ3v) is 3.56. The maximum Gasteiger partial charge on any atom is 0.257 e. The predicted octanol–water partition coefficient (Wildman–Crippen LogP) is 2.59. The fraction of sp³-hybridized carbons (Fsp3) is 0.176. The number of benzene rings is 2. The van der Waals surface area contributed by atoms with Crippen LogP contribution in [0.5, 0.6) is 17.2 Å². The van der Waals surface area contributed by atoms with E-state index in [0.717, 1.165) is 0 Å². The fourth-order valence-electron chi connectivity index (χ4n) is 2.22. The average Bonchev–Trinajstić information content (AvgIpc) is 2.61. The quantitative estimate of drug-likeness (QED) is 0.834. The second kappa shape index (κ2) is 7.18. The maximum atomic E-state index is 12.2. The number of methoxy groups -OCH3 is 1. The van der Waals surface area contributed by atoms with Gasteiger partial charge in [0.05, 0.1) is 7.11 Å². The van der Waals surface area contributed by atoms with Gasteiger partial charge in [-0.3, -0.25) is 10.1 Å². The molecule has 3 rings (SSSR count). The van der Waals surface area contributed by atoms with Crippen molar-refractivity contribution in [3.63, 3.8) is 0 Å². The number of thiocarbonyl (C=S) groups is 1. The molecule has 0 bridgehead atoms. The molecular weight excluding hydrogens is 328 g/mol. The largest absolute Gasteiger partial charge is 0.497 e. The van der Waals surface area contributed by atoms with Gasteiger partial charge in [-0.15, -0.1) is 0 Å². The first-order valence-corrected chi connectivity index (χ1v) is 7.72. The summed E-state index contributed by atoms with van der Waals surface area (Å²) in [5, 5.41) is 5.78. The van der Waals surface area contributed by atoms with Crippen LogP contribution >= 0.6 is 12.2 Å². The summed E-state index contributed by atoms with van der Waals surface area (Å²) in [5.74, 6) is 1.63. The predicted molar refractivity (Wildman–Crippen MR) is 94.1 cm³/mol. The smallest absolute Gasteiger partial charge is 0.257 e. The van der Waals surface area contributed by atoms with Crippen molar-refractivity contribution in [1.82, 2.24) is 5.32 Å². The second-order valence-corrected chi connectivity index (χ2v) is 5.41. The molecule has 6 nitrogen and oxygen atoms in total. The maximum absolute atomic E-state index is 12.2. The molecule has 0 aliphatic carbocycles. The highest BCUT2D eigenvalue weighted by Crippen LogP contribution is 2.32. The fourth-order valence-corrected chi connectivity index (χ4v) is 2.43. The van der Waals surface area contributed by atoms with E-state index in [0.29, 0.717) is 41.7 Å². The van der Waals surface area contributed by atoms with Crippen LogP contribution in [0.15, 0.2) is 42.5 Å². The lowest BCUT2D eigenvalue weighted by atomic mass is 10.2. The minimum absolute atomic E-state index is 0.194. The Morgan fingerprint density at radius 1 is 1.12 bits per heavy atom. The number of amides is 1. The molecule has 0 atom stereocenters. The molecule has 7 heteroatoms. The van der Waals surface area contributed by atoms with E-state index >= 15 is 0 Å². The number of carbonyl (C=O) groups excluding carboxylic acids is 1. The Bertz CT molecular complexity index is 779. The van der Waals surface area contributed by atoms with Crippen LogP contribution in [0.2, 0.25) is 0 Å². The van der Waals surface area contributed by atoms with Gasteiger partial charge in [-0.25, -0.2) is 0 Å². The number of anilines is 1. The Labute approximate surface area is 144 Å². The van der Waals surface area contributed by atoms with Gasteiger partial charge in [-0.05, 0) is 42.5 Å². The van der Waals surface area contributed by atoms with Gasteiger partial charge in [0, 0.05) is 17.3 Å². The van der Waals surface area contributed by atoms with Gasteiger partial charge in [-0.2, -0.15) is 0 Å². The van der Waals surface area contributed by atoms with Crippen molar-refractivity contribution < 1.29 is 19.0 Å². The number of fused-ring (bicyclic) bond motifs is 1. The van der Waals surface area contributed by atoms with E-state index in [1.807, 2.05) is 0 Å². The third-order valence-electron chi connectivity index (χ3n) is 3.36. The van der Waals surface area contributed by atoms with Crippen LogP contribution in [0.3, 0.4) is 0 Å². The molecule has 0 saturated heterocycles. The van der Waals surface area contributed by atoms with Gasteiger partial charge in [0.25, 0.3) is 5.91 Å². The molecule has 0 saturated carbocycles. The molecule has 2 aromatic carbocycles. The van der Waals surface area contributed by atoms with E-state index in [-0.39, 0.29) is 11.0 Å². The molecule has 2 aromatic rings. The number of hydrogen-bond acceptors (Lipinski definition) is 5. The molecule has 0 aromatic heterocycles. The molecule has 0 unspecified atom stereocenters. The molecule has 0 fully saturated rings. The molecule has 124 valence electrons. The SMILES string of the molecule is COc1cccc(C(=O)NC(=S)Nc2ccc3c(c2)OCCO3)c1. The first-order chi connectivity index (χ1) is 11.7. The normalized spacial score (nSPS) is 12.2. The minimum atomic E-state index is -0.316. The summed E-state index contributed by atoms with van der Waals surface area (Å²) in [4.78, 5) is 12.2. The number of hydrogen-bond donors (Lipinski definition) is 2. The Balaban J connectivity index is 1.63. The zero-order valence-electron chi connectivity index (χ0n) is 13.0. The van der Waals surface area contributed by atoms with Crippen molar-refractivity contribution in [1.29, 1.82) is 0 Å². The molecule has 0 spiro atoms. The lowest BCUT2D eigenvalue weighted by Crippen LogP contribution is -2.34. The molecule has 2 N–H and O–H groups in total. The van der Waals surface area contributed by atoms with Crippen molar-refractivity contribution in [3.8, 4) is 17.2 Å².